The molecule has 1 aromatic rings. The summed E-state index contributed by atoms with van der Waals surface area (Å²) in [6, 6.07) is 3.07. The standard InChI is InChI=1S/C15H21F2N3O.HI/c1-15(21,12-6-5-11(16)7-13(12)17)9-20-14(18)19-8-10-3-2-4-10;/h5-7,10,21H,2-4,8-9H2,1H3,(H3,18,19,20);1H. The number of hydrogen-bond acceptors (Lipinski definition) is 2. The van der Waals surface area contributed by atoms with Crippen molar-refractivity contribution in [1.29, 1.82) is 0 Å². The van der Waals surface area contributed by atoms with Crippen LogP contribution in [0.2, 0.25) is 0 Å². The zero-order chi connectivity index (χ0) is 15.5. The number of guanidine groups is 1. The zero-order valence-corrected chi connectivity index (χ0v) is 14.8. The summed E-state index contributed by atoms with van der Waals surface area (Å²) in [4.78, 5) is 4.04. The molecule has 0 aromatic heterocycles. The first-order valence-corrected chi connectivity index (χ1v) is 7.10. The molecule has 1 aliphatic carbocycles. The summed E-state index contributed by atoms with van der Waals surface area (Å²) in [7, 11) is 0. The molecule has 1 saturated carbocycles. The largest absolute Gasteiger partial charge is 0.383 e. The third kappa shape index (κ3) is 5.05. The lowest BCUT2D eigenvalue weighted by Crippen LogP contribution is -2.38. The third-order valence-corrected chi connectivity index (χ3v) is 3.87. The molecular formula is C15H22F2IN3O. The van der Waals surface area contributed by atoms with Crippen LogP contribution >= 0.6 is 24.0 Å². The average Bonchev–Trinajstić information content (AvgIpc) is 2.34. The van der Waals surface area contributed by atoms with Crippen molar-refractivity contribution in [2.24, 2.45) is 16.6 Å². The highest BCUT2D eigenvalue weighted by atomic mass is 127. The summed E-state index contributed by atoms with van der Waals surface area (Å²) in [5, 5.41) is 13.3. The molecule has 22 heavy (non-hydrogen) atoms. The van der Waals surface area contributed by atoms with Gasteiger partial charge in [-0.15, -0.1) is 24.0 Å². The lowest BCUT2D eigenvalue weighted by atomic mass is 9.85. The second-order valence-corrected chi connectivity index (χ2v) is 5.78. The van der Waals surface area contributed by atoms with Gasteiger partial charge in [0.05, 0.1) is 6.54 Å². The van der Waals surface area contributed by atoms with Crippen molar-refractivity contribution in [3.05, 3.63) is 35.4 Å². The molecule has 2 rings (SSSR count). The normalized spacial score (nSPS) is 18.1. The van der Waals surface area contributed by atoms with Crippen LogP contribution in [0.25, 0.3) is 0 Å². The van der Waals surface area contributed by atoms with Crippen LogP contribution in [-0.2, 0) is 5.60 Å². The second-order valence-electron chi connectivity index (χ2n) is 5.78. The molecule has 4 nitrogen and oxygen atoms in total. The van der Waals surface area contributed by atoms with E-state index in [-0.39, 0.29) is 42.0 Å². The summed E-state index contributed by atoms with van der Waals surface area (Å²) in [5.41, 5.74) is 4.18. The summed E-state index contributed by atoms with van der Waals surface area (Å²) < 4.78 is 26.6. The van der Waals surface area contributed by atoms with E-state index in [1.807, 2.05) is 0 Å². The van der Waals surface area contributed by atoms with Gasteiger partial charge in [0.15, 0.2) is 5.96 Å². The van der Waals surface area contributed by atoms with Crippen molar-refractivity contribution in [1.82, 2.24) is 5.32 Å². The van der Waals surface area contributed by atoms with E-state index in [0.29, 0.717) is 5.92 Å². The summed E-state index contributed by atoms with van der Waals surface area (Å²) in [5.74, 6) is -0.619. The Balaban J connectivity index is 0.00000242. The van der Waals surface area contributed by atoms with Gasteiger partial charge in [0.25, 0.3) is 0 Å². The number of hydrogen-bond donors (Lipinski definition) is 3. The number of nitrogens with zero attached hydrogens (tertiary/aromatic N) is 1. The van der Waals surface area contributed by atoms with E-state index in [9.17, 15) is 13.9 Å². The average molecular weight is 425 g/mol. The number of benzene rings is 1. The smallest absolute Gasteiger partial charge is 0.188 e. The highest BCUT2D eigenvalue weighted by Gasteiger charge is 2.26. The SMILES string of the molecule is CC(O)(CN=C(N)NCC1CCC1)c1ccc(F)cc1F.I. The molecule has 1 aliphatic rings. The molecule has 1 atom stereocenters. The van der Waals surface area contributed by atoms with Crippen molar-refractivity contribution >= 4 is 29.9 Å². The van der Waals surface area contributed by atoms with Crippen LogP contribution in [0, 0.1) is 17.6 Å². The molecule has 0 aliphatic heterocycles. The van der Waals surface area contributed by atoms with Crippen molar-refractivity contribution in [3.63, 3.8) is 0 Å². The van der Waals surface area contributed by atoms with Gasteiger partial charge >= 0.3 is 0 Å². The van der Waals surface area contributed by atoms with E-state index in [1.54, 1.807) is 0 Å². The van der Waals surface area contributed by atoms with E-state index in [0.717, 1.165) is 18.7 Å². The minimum Gasteiger partial charge on any atom is -0.383 e. The zero-order valence-electron chi connectivity index (χ0n) is 12.5. The maximum Gasteiger partial charge on any atom is 0.188 e. The summed E-state index contributed by atoms with van der Waals surface area (Å²) >= 11 is 0. The molecular weight excluding hydrogens is 403 g/mol. The molecule has 1 fully saturated rings. The van der Waals surface area contributed by atoms with Crippen molar-refractivity contribution in [3.8, 4) is 0 Å². The number of aliphatic hydroxyl groups is 1. The fraction of sp³-hybridized carbons (Fsp3) is 0.533. The van der Waals surface area contributed by atoms with E-state index >= 15 is 0 Å². The first-order valence-electron chi connectivity index (χ1n) is 7.10. The van der Waals surface area contributed by atoms with Gasteiger partial charge in [0.2, 0.25) is 0 Å². The van der Waals surface area contributed by atoms with Crippen molar-refractivity contribution < 1.29 is 13.9 Å². The van der Waals surface area contributed by atoms with E-state index in [2.05, 4.69) is 10.3 Å². The number of nitrogens with two attached hydrogens (primary N) is 1. The summed E-state index contributed by atoms with van der Waals surface area (Å²) in [6.07, 6.45) is 3.64. The van der Waals surface area contributed by atoms with Gasteiger partial charge in [-0.1, -0.05) is 12.5 Å². The molecule has 0 saturated heterocycles. The maximum absolute atomic E-state index is 13.7. The van der Waals surface area contributed by atoms with Gasteiger partial charge in [-0.25, -0.2) is 8.78 Å². The van der Waals surface area contributed by atoms with Crippen LogP contribution < -0.4 is 11.1 Å². The number of nitrogens with one attached hydrogen (secondary N) is 1. The Morgan fingerprint density at radius 3 is 2.68 bits per heavy atom. The molecule has 0 heterocycles. The Morgan fingerprint density at radius 1 is 1.45 bits per heavy atom. The minimum atomic E-state index is -1.54. The van der Waals surface area contributed by atoms with Crippen LogP contribution in [0.1, 0.15) is 31.7 Å². The Labute approximate surface area is 146 Å². The van der Waals surface area contributed by atoms with E-state index in [1.165, 1.54) is 32.3 Å². The lowest BCUT2D eigenvalue weighted by molar-refractivity contribution is 0.0633. The molecule has 124 valence electrons. The molecule has 7 heteroatoms. The van der Waals surface area contributed by atoms with Gasteiger partial charge in [-0.2, -0.15) is 0 Å². The Bertz CT molecular complexity index is 534. The quantitative estimate of drug-likeness (QED) is 0.386. The number of aliphatic imine (C=N–C) groups is 1. The summed E-state index contributed by atoms with van der Waals surface area (Å²) in [6.45, 7) is 2.09. The second kappa shape index (κ2) is 8.05. The maximum atomic E-state index is 13.7. The topological polar surface area (TPSA) is 70.6 Å². The first kappa shape index (κ1) is 19.1. The molecule has 1 unspecified atom stereocenters. The fourth-order valence-corrected chi connectivity index (χ4v) is 2.25. The predicted octanol–water partition coefficient (Wildman–Crippen LogP) is 2.49. The molecule has 0 amide bonds. The minimum absolute atomic E-state index is 0. The van der Waals surface area contributed by atoms with Gasteiger partial charge in [-0.05, 0) is 31.7 Å². The Kier molecular flexibility index (Phi) is 6.98. The van der Waals surface area contributed by atoms with Gasteiger partial charge in [0.1, 0.15) is 17.2 Å². The van der Waals surface area contributed by atoms with Crippen molar-refractivity contribution in [2.45, 2.75) is 31.8 Å². The molecule has 4 N–H and O–H groups in total. The van der Waals surface area contributed by atoms with E-state index < -0.39 is 17.2 Å². The fourth-order valence-electron chi connectivity index (χ4n) is 2.25. The first-order chi connectivity index (χ1) is 9.88. The van der Waals surface area contributed by atoms with Crippen LogP contribution in [0.15, 0.2) is 23.2 Å². The molecule has 0 bridgehead atoms. The van der Waals surface area contributed by atoms with Crippen LogP contribution in [0.3, 0.4) is 0 Å². The number of halogens is 3. The van der Waals surface area contributed by atoms with Crippen LogP contribution in [0.5, 0.6) is 0 Å². The van der Waals surface area contributed by atoms with Gasteiger partial charge < -0.3 is 16.2 Å². The third-order valence-electron chi connectivity index (χ3n) is 3.87. The van der Waals surface area contributed by atoms with E-state index in [4.69, 9.17) is 5.73 Å². The molecule has 1 aromatic carbocycles. The lowest BCUT2D eigenvalue weighted by Gasteiger charge is -2.26. The Morgan fingerprint density at radius 2 is 2.14 bits per heavy atom. The monoisotopic (exact) mass is 425 g/mol. The highest BCUT2D eigenvalue weighted by molar-refractivity contribution is 14.0. The number of rotatable bonds is 5. The molecule has 0 radical (unpaired) electrons. The molecule has 0 spiro atoms. The van der Waals surface area contributed by atoms with Crippen LogP contribution in [-0.4, -0.2) is 24.2 Å². The van der Waals surface area contributed by atoms with Crippen LogP contribution in [0.4, 0.5) is 8.78 Å². The highest BCUT2D eigenvalue weighted by Crippen LogP contribution is 2.25. The predicted molar refractivity (Wildman–Crippen MR) is 93.2 cm³/mol. The Hall–Kier alpha value is -0.960. The van der Waals surface area contributed by atoms with Crippen molar-refractivity contribution in [2.75, 3.05) is 13.1 Å². The van der Waals surface area contributed by atoms with Gasteiger partial charge in [0, 0.05) is 18.2 Å². The van der Waals surface area contributed by atoms with Gasteiger partial charge in [-0.3, -0.25) is 4.99 Å².